The average molecular weight is 313 g/mol. The average Bonchev–Trinajstić information content (AvgIpc) is 2.60. The molecule has 2 aromatic carbocycles. The summed E-state index contributed by atoms with van der Waals surface area (Å²) in [5.74, 6) is 1.62. The topological polar surface area (TPSA) is 56.8 Å². The first-order valence-corrected chi connectivity index (χ1v) is 7.45. The van der Waals surface area contributed by atoms with Crippen LogP contribution in [0.25, 0.3) is 0 Å². The summed E-state index contributed by atoms with van der Waals surface area (Å²) in [5.41, 5.74) is 1.49. The van der Waals surface area contributed by atoms with Gasteiger partial charge in [-0.15, -0.1) is 0 Å². The Hall–Kier alpha value is -2.69. The first-order chi connectivity index (χ1) is 11.2. The van der Waals surface area contributed by atoms with Crippen molar-refractivity contribution in [2.45, 2.75) is 12.5 Å². The molecule has 5 nitrogen and oxygen atoms in total. The maximum absolute atomic E-state index is 12.7. The molecule has 3 rings (SSSR count). The van der Waals surface area contributed by atoms with Crippen LogP contribution in [0.3, 0.4) is 0 Å². The first-order valence-electron chi connectivity index (χ1n) is 7.45. The van der Waals surface area contributed by atoms with E-state index in [9.17, 15) is 4.79 Å². The fourth-order valence-electron chi connectivity index (χ4n) is 2.75. The lowest BCUT2D eigenvalue weighted by Crippen LogP contribution is -2.42. The minimum atomic E-state index is -0.229. The first kappa shape index (κ1) is 15.2. The van der Waals surface area contributed by atoms with Crippen LogP contribution in [0.4, 0.5) is 0 Å². The van der Waals surface area contributed by atoms with Crippen LogP contribution >= 0.6 is 0 Å². The van der Waals surface area contributed by atoms with Crippen LogP contribution in [0.15, 0.2) is 42.5 Å². The van der Waals surface area contributed by atoms with Crippen LogP contribution in [0.1, 0.15) is 15.9 Å². The van der Waals surface area contributed by atoms with Gasteiger partial charge < -0.3 is 19.5 Å². The SMILES string of the molecule is COc1cccc(OC)c1C(=O)NC1COc2ccccc2C1. The van der Waals surface area contributed by atoms with Gasteiger partial charge in [0.25, 0.3) is 5.91 Å². The molecule has 0 saturated heterocycles. The van der Waals surface area contributed by atoms with Crippen LogP contribution in [0.5, 0.6) is 17.2 Å². The van der Waals surface area contributed by atoms with Crippen molar-refractivity contribution in [1.29, 1.82) is 0 Å². The molecule has 2 aromatic rings. The second kappa shape index (κ2) is 6.60. The Morgan fingerprint density at radius 3 is 2.48 bits per heavy atom. The normalized spacial score (nSPS) is 16.0. The van der Waals surface area contributed by atoms with Gasteiger partial charge in [0.2, 0.25) is 0 Å². The molecule has 1 unspecified atom stereocenters. The van der Waals surface area contributed by atoms with Gasteiger partial charge in [-0.1, -0.05) is 24.3 Å². The number of amides is 1. The molecule has 120 valence electrons. The van der Waals surface area contributed by atoms with Crippen LogP contribution in [0, 0.1) is 0 Å². The quantitative estimate of drug-likeness (QED) is 0.942. The monoisotopic (exact) mass is 313 g/mol. The van der Waals surface area contributed by atoms with Gasteiger partial charge >= 0.3 is 0 Å². The van der Waals surface area contributed by atoms with Crippen molar-refractivity contribution in [1.82, 2.24) is 5.32 Å². The molecule has 1 aliphatic heterocycles. The molecular weight excluding hydrogens is 294 g/mol. The molecule has 1 amide bonds. The Labute approximate surface area is 135 Å². The van der Waals surface area contributed by atoms with E-state index in [1.807, 2.05) is 24.3 Å². The highest BCUT2D eigenvalue weighted by Crippen LogP contribution is 2.29. The molecule has 0 bridgehead atoms. The number of carbonyl (C=O) groups excluding carboxylic acids is 1. The van der Waals surface area contributed by atoms with Crippen molar-refractivity contribution in [3.05, 3.63) is 53.6 Å². The standard InChI is InChI=1S/C18H19NO4/c1-21-15-8-5-9-16(22-2)17(15)18(20)19-13-10-12-6-3-4-7-14(12)23-11-13/h3-9,13H,10-11H2,1-2H3,(H,19,20). The maximum Gasteiger partial charge on any atom is 0.259 e. The Bertz CT molecular complexity index is 692. The number of fused-ring (bicyclic) bond motifs is 1. The lowest BCUT2D eigenvalue weighted by molar-refractivity contribution is 0.0909. The van der Waals surface area contributed by atoms with Crippen LogP contribution < -0.4 is 19.5 Å². The number of benzene rings is 2. The predicted molar refractivity (Wildman–Crippen MR) is 86.4 cm³/mol. The van der Waals surface area contributed by atoms with E-state index in [4.69, 9.17) is 14.2 Å². The zero-order valence-electron chi connectivity index (χ0n) is 13.2. The van der Waals surface area contributed by atoms with E-state index in [0.29, 0.717) is 23.7 Å². The van der Waals surface area contributed by atoms with Gasteiger partial charge in [0.05, 0.1) is 20.3 Å². The van der Waals surface area contributed by atoms with E-state index >= 15 is 0 Å². The van der Waals surface area contributed by atoms with Crippen molar-refractivity contribution in [3.8, 4) is 17.2 Å². The molecular formula is C18H19NO4. The maximum atomic E-state index is 12.7. The van der Waals surface area contributed by atoms with Crippen molar-refractivity contribution in [2.75, 3.05) is 20.8 Å². The molecule has 1 atom stereocenters. The van der Waals surface area contributed by atoms with Gasteiger partial charge in [0.15, 0.2) is 0 Å². The second-order valence-corrected chi connectivity index (χ2v) is 5.33. The molecule has 1 heterocycles. The van der Waals surface area contributed by atoms with E-state index in [0.717, 1.165) is 17.7 Å². The van der Waals surface area contributed by atoms with Crippen LogP contribution in [-0.4, -0.2) is 32.8 Å². The number of ether oxygens (including phenoxy) is 3. The van der Waals surface area contributed by atoms with Crippen molar-refractivity contribution in [2.24, 2.45) is 0 Å². The third kappa shape index (κ3) is 3.08. The van der Waals surface area contributed by atoms with Crippen molar-refractivity contribution < 1.29 is 19.0 Å². The van der Waals surface area contributed by atoms with E-state index in [-0.39, 0.29) is 11.9 Å². The molecule has 1 N–H and O–H groups in total. The number of methoxy groups -OCH3 is 2. The van der Waals surface area contributed by atoms with Crippen molar-refractivity contribution >= 4 is 5.91 Å². The minimum absolute atomic E-state index is 0.0907. The summed E-state index contributed by atoms with van der Waals surface area (Å²) >= 11 is 0. The zero-order valence-corrected chi connectivity index (χ0v) is 13.2. The number of hydrogen-bond acceptors (Lipinski definition) is 4. The predicted octanol–water partition coefficient (Wildman–Crippen LogP) is 2.44. The zero-order chi connectivity index (χ0) is 16.2. The van der Waals surface area contributed by atoms with Crippen LogP contribution in [-0.2, 0) is 6.42 Å². The number of hydrogen-bond donors (Lipinski definition) is 1. The number of carbonyl (C=O) groups is 1. The summed E-state index contributed by atoms with van der Waals surface area (Å²) in [6.07, 6.45) is 0.735. The smallest absolute Gasteiger partial charge is 0.259 e. The van der Waals surface area contributed by atoms with E-state index in [1.54, 1.807) is 18.2 Å². The van der Waals surface area contributed by atoms with Gasteiger partial charge in [-0.05, 0) is 30.2 Å². The molecule has 23 heavy (non-hydrogen) atoms. The summed E-state index contributed by atoms with van der Waals surface area (Å²) < 4.78 is 16.3. The minimum Gasteiger partial charge on any atom is -0.496 e. The summed E-state index contributed by atoms with van der Waals surface area (Å²) in [6.45, 7) is 0.445. The molecule has 0 saturated carbocycles. The van der Waals surface area contributed by atoms with Gasteiger partial charge in [-0.25, -0.2) is 0 Å². The highest BCUT2D eigenvalue weighted by Gasteiger charge is 2.24. The highest BCUT2D eigenvalue weighted by atomic mass is 16.5. The van der Waals surface area contributed by atoms with Gasteiger partial charge in [-0.2, -0.15) is 0 Å². The Kier molecular flexibility index (Phi) is 4.37. The Morgan fingerprint density at radius 2 is 1.78 bits per heavy atom. The lowest BCUT2D eigenvalue weighted by atomic mass is 10.0. The Morgan fingerprint density at radius 1 is 1.09 bits per heavy atom. The number of rotatable bonds is 4. The van der Waals surface area contributed by atoms with Gasteiger partial charge in [0, 0.05) is 0 Å². The number of nitrogens with one attached hydrogen (secondary N) is 1. The largest absolute Gasteiger partial charge is 0.496 e. The third-order valence-corrected chi connectivity index (χ3v) is 3.87. The lowest BCUT2D eigenvalue weighted by Gasteiger charge is -2.26. The fraction of sp³-hybridized carbons (Fsp3) is 0.278. The molecule has 0 aliphatic carbocycles. The van der Waals surface area contributed by atoms with Crippen molar-refractivity contribution in [3.63, 3.8) is 0 Å². The number of para-hydroxylation sites is 1. The van der Waals surface area contributed by atoms with Crippen LogP contribution in [0.2, 0.25) is 0 Å². The summed E-state index contributed by atoms with van der Waals surface area (Å²) in [6, 6.07) is 13.0. The molecule has 0 aromatic heterocycles. The fourth-order valence-corrected chi connectivity index (χ4v) is 2.75. The Balaban J connectivity index is 1.78. The summed E-state index contributed by atoms with van der Waals surface area (Å²) in [4.78, 5) is 12.7. The van der Waals surface area contributed by atoms with Gasteiger partial charge in [-0.3, -0.25) is 4.79 Å². The molecule has 0 spiro atoms. The molecule has 0 radical (unpaired) electrons. The third-order valence-electron chi connectivity index (χ3n) is 3.87. The van der Waals surface area contributed by atoms with E-state index in [2.05, 4.69) is 5.32 Å². The molecule has 5 heteroatoms. The molecule has 1 aliphatic rings. The second-order valence-electron chi connectivity index (χ2n) is 5.33. The van der Waals surface area contributed by atoms with Gasteiger partial charge in [0.1, 0.15) is 29.4 Å². The van der Waals surface area contributed by atoms with E-state index < -0.39 is 0 Å². The van der Waals surface area contributed by atoms with E-state index in [1.165, 1.54) is 14.2 Å². The highest BCUT2D eigenvalue weighted by molar-refractivity contribution is 6.00. The molecule has 0 fully saturated rings. The summed E-state index contributed by atoms with van der Waals surface area (Å²) in [7, 11) is 3.07. The summed E-state index contributed by atoms with van der Waals surface area (Å²) in [5, 5.41) is 3.00.